The van der Waals surface area contributed by atoms with Crippen molar-refractivity contribution in [2.75, 3.05) is 12.3 Å². The van der Waals surface area contributed by atoms with Crippen LogP contribution in [-0.4, -0.2) is 37.4 Å². The molecule has 1 aromatic heterocycles. The maximum absolute atomic E-state index is 13.0. The number of nitrogens with two attached hydrogens (primary N) is 1. The van der Waals surface area contributed by atoms with Gasteiger partial charge in [0.2, 0.25) is 5.91 Å². The van der Waals surface area contributed by atoms with Gasteiger partial charge in [-0.1, -0.05) is 61.2 Å². The summed E-state index contributed by atoms with van der Waals surface area (Å²) in [4.78, 5) is 29.5. The van der Waals surface area contributed by atoms with Crippen LogP contribution in [0.4, 0.5) is 0 Å². The molecule has 8 heteroatoms. The first-order chi connectivity index (χ1) is 17.7. The maximum Gasteiger partial charge on any atom is 0.224 e. The molecule has 37 heavy (non-hydrogen) atoms. The molecule has 1 unspecified atom stereocenters. The van der Waals surface area contributed by atoms with Crippen LogP contribution in [0.2, 0.25) is 0 Å². The number of hydrogen-bond acceptors (Lipinski definition) is 6. The number of pyridine rings is 1. The van der Waals surface area contributed by atoms with E-state index in [9.17, 15) is 18.0 Å². The largest absolute Gasteiger partial charge is 0.399 e. The molecule has 0 radical (unpaired) electrons. The maximum atomic E-state index is 13.0. The molecular formula is C29H33N3O4S. The van der Waals surface area contributed by atoms with E-state index in [2.05, 4.69) is 16.9 Å². The van der Waals surface area contributed by atoms with Gasteiger partial charge in [-0.2, -0.15) is 0 Å². The molecule has 3 rings (SSSR count). The summed E-state index contributed by atoms with van der Waals surface area (Å²) in [6, 6.07) is 20.1. The number of carbonyl (C=O) groups is 2. The van der Waals surface area contributed by atoms with E-state index in [1.807, 2.05) is 42.5 Å². The van der Waals surface area contributed by atoms with Gasteiger partial charge in [-0.05, 0) is 53.6 Å². The Morgan fingerprint density at radius 2 is 1.54 bits per heavy atom. The molecule has 2 aromatic carbocycles. The van der Waals surface area contributed by atoms with Gasteiger partial charge >= 0.3 is 0 Å². The van der Waals surface area contributed by atoms with Crippen LogP contribution in [0.15, 0.2) is 85.7 Å². The highest BCUT2D eigenvalue weighted by Gasteiger charge is 2.26. The first kappa shape index (κ1) is 27.8. The Balaban J connectivity index is 1.57. The summed E-state index contributed by atoms with van der Waals surface area (Å²) in [5.41, 5.74) is 9.62. The van der Waals surface area contributed by atoms with E-state index in [-0.39, 0.29) is 30.3 Å². The van der Waals surface area contributed by atoms with Crippen LogP contribution in [0.5, 0.6) is 0 Å². The van der Waals surface area contributed by atoms with Crippen molar-refractivity contribution in [3.8, 4) is 0 Å². The number of hydrogen-bond donors (Lipinski definition) is 2. The van der Waals surface area contributed by atoms with Gasteiger partial charge in [0.1, 0.15) is 0 Å². The smallest absolute Gasteiger partial charge is 0.224 e. The second kappa shape index (κ2) is 13.5. The van der Waals surface area contributed by atoms with Crippen molar-refractivity contribution in [3.63, 3.8) is 0 Å². The normalized spacial score (nSPS) is 12.0. The Morgan fingerprint density at radius 1 is 0.892 bits per heavy atom. The van der Waals surface area contributed by atoms with Crippen molar-refractivity contribution in [2.45, 2.75) is 31.4 Å². The van der Waals surface area contributed by atoms with Gasteiger partial charge in [-0.15, -0.1) is 0 Å². The standard InChI is InChI=1S/C29H33N3O4S/c1-22(30)26-11-7-23(8-12-26)10-14-28(33)19-32-29(34)27(13-9-24-15-17-31-18-16-24)21-37(35,36)20-25-5-3-2-4-6-25/h2-8,11-12,15-18,27H,1,9-10,13-14,19-21,30H2,(H,32,34). The minimum Gasteiger partial charge on any atom is -0.399 e. The fraction of sp³-hybridized carbons (Fsp3) is 0.276. The predicted octanol–water partition coefficient (Wildman–Crippen LogP) is 3.49. The van der Waals surface area contributed by atoms with E-state index in [4.69, 9.17) is 5.73 Å². The van der Waals surface area contributed by atoms with E-state index in [1.54, 1.807) is 36.7 Å². The summed E-state index contributed by atoms with van der Waals surface area (Å²) >= 11 is 0. The number of carbonyl (C=O) groups excluding carboxylic acids is 2. The van der Waals surface area contributed by atoms with Crippen LogP contribution in [0.1, 0.15) is 35.1 Å². The van der Waals surface area contributed by atoms with Gasteiger partial charge in [0.25, 0.3) is 0 Å². The predicted molar refractivity (Wildman–Crippen MR) is 146 cm³/mol. The minimum atomic E-state index is -3.55. The average Bonchev–Trinajstić information content (AvgIpc) is 2.89. The van der Waals surface area contributed by atoms with Gasteiger partial charge in [0, 0.05) is 24.5 Å². The highest BCUT2D eigenvalue weighted by atomic mass is 32.2. The van der Waals surface area contributed by atoms with Crippen molar-refractivity contribution in [2.24, 2.45) is 11.7 Å². The second-order valence-electron chi connectivity index (χ2n) is 9.11. The van der Waals surface area contributed by atoms with Gasteiger partial charge in [0.15, 0.2) is 15.6 Å². The summed E-state index contributed by atoms with van der Waals surface area (Å²) in [6.45, 7) is 3.56. The number of benzene rings is 2. The molecular weight excluding hydrogens is 486 g/mol. The number of nitrogens with one attached hydrogen (secondary N) is 1. The quantitative estimate of drug-likeness (QED) is 0.337. The fourth-order valence-corrected chi connectivity index (χ4v) is 5.71. The molecule has 0 aliphatic heterocycles. The summed E-state index contributed by atoms with van der Waals surface area (Å²) in [7, 11) is -3.55. The first-order valence-corrected chi connectivity index (χ1v) is 14.0. The lowest BCUT2D eigenvalue weighted by Gasteiger charge is -2.17. The molecule has 0 saturated heterocycles. The van der Waals surface area contributed by atoms with Crippen LogP contribution >= 0.6 is 0 Å². The molecule has 0 spiro atoms. The van der Waals surface area contributed by atoms with Crippen molar-refractivity contribution in [1.29, 1.82) is 0 Å². The van der Waals surface area contributed by atoms with Gasteiger partial charge in [-0.3, -0.25) is 14.6 Å². The Hall–Kier alpha value is -3.78. The number of Topliss-reactive ketones (excluding diaryl/α,β-unsaturated/α-hetero) is 1. The molecule has 1 atom stereocenters. The Labute approximate surface area is 218 Å². The summed E-state index contributed by atoms with van der Waals surface area (Å²) in [5.74, 6) is -1.74. The van der Waals surface area contributed by atoms with Crippen LogP contribution in [0.25, 0.3) is 5.70 Å². The highest BCUT2D eigenvalue weighted by molar-refractivity contribution is 7.90. The lowest BCUT2D eigenvalue weighted by molar-refractivity contribution is -0.127. The number of rotatable bonds is 14. The van der Waals surface area contributed by atoms with Crippen molar-refractivity contribution >= 4 is 27.2 Å². The molecule has 194 valence electrons. The Morgan fingerprint density at radius 3 is 2.19 bits per heavy atom. The number of sulfone groups is 1. The minimum absolute atomic E-state index is 0.124. The zero-order valence-corrected chi connectivity index (χ0v) is 21.6. The topological polar surface area (TPSA) is 119 Å². The van der Waals surface area contributed by atoms with E-state index in [0.717, 1.165) is 16.7 Å². The van der Waals surface area contributed by atoms with Crippen molar-refractivity contribution < 1.29 is 18.0 Å². The Kier molecular flexibility index (Phi) is 10.1. The van der Waals surface area contributed by atoms with E-state index in [0.29, 0.717) is 30.5 Å². The van der Waals surface area contributed by atoms with Crippen molar-refractivity contribution in [1.82, 2.24) is 10.3 Å². The molecule has 1 heterocycles. The summed E-state index contributed by atoms with van der Waals surface area (Å²) < 4.78 is 25.8. The van der Waals surface area contributed by atoms with E-state index < -0.39 is 21.7 Å². The number of nitrogens with zero attached hydrogens (tertiary/aromatic N) is 1. The number of aromatic nitrogens is 1. The third-order valence-electron chi connectivity index (χ3n) is 6.06. The number of aryl methyl sites for hydroxylation is 2. The highest BCUT2D eigenvalue weighted by Crippen LogP contribution is 2.16. The van der Waals surface area contributed by atoms with Gasteiger partial charge in [0.05, 0.1) is 24.0 Å². The third kappa shape index (κ3) is 9.65. The molecule has 0 saturated carbocycles. The summed E-state index contributed by atoms with van der Waals surface area (Å²) in [6.07, 6.45) is 4.99. The van der Waals surface area contributed by atoms with E-state index >= 15 is 0 Å². The van der Waals surface area contributed by atoms with Crippen LogP contribution in [-0.2, 0) is 38.0 Å². The zero-order chi connectivity index (χ0) is 26.7. The second-order valence-corrected chi connectivity index (χ2v) is 11.2. The van der Waals surface area contributed by atoms with Gasteiger partial charge < -0.3 is 11.1 Å². The molecule has 0 bridgehead atoms. The van der Waals surface area contributed by atoms with Crippen LogP contribution in [0.3, 0.4) is 0 Å². The zero-order valence-electron chi connectivity index (χ0n) is 20.8. The lowest BCUT2D eigenvalue weighted by Crippen LogP contribution is -2.38. The third-order valence-corrected chi connectivity index (χ3v) is 7.75. The van der Waals surface area contributed by atoms with Crippen LogP contribution < -0.4 is 11.1 Å². The fourth-order valence-electron chi connectivity index (χ4n) is 3.96. The molecule has 3 aromatic rings. The SMILES string of the molecule is C=C(N)c1ccc(CCC(=O)CNC(=O)C(CCc2ccncc2)CS(=O)(=O)Cc2ccccc2)cc1. The molecule has 7 nitrogen and oxygen atoms in total. The lowest BCUT2D eigenvalue weighted by atomic mass is 10.0. The average molecular weight is 520 g/mol. The monoisotopic (exact) mass is 519 g/mol. The molecule has 1 amide bonds. The van der Waals surface area contributed by atoms with Gasteiger partial charge in [-0.25, -0.2) is 8.42 Å². The molecule has 0 fully saturated rings. The van der Waals surface area contributed by atoms with E-state index in [1.165, 1.54) is 0 Å². The summed E-state index contributed by atoms with van der Waals surface area (Å²) in [5, 5.41) is 2.67. The Bertz CT molecular complexity index is 1290. The number of ketones is 1. The molecule has 0 aliphatic carbocycles. The number of amides is 1. The molecule has 0 aliphatic rings. The molecule has 3 N–H and O–H groups in total. The van der Waals surface area contributed by atoms with Crippen LogP contribution in [0, 0.1) is 5.92 Å². The van der Waals surface area contributed by atoms with Crippen molar-refractivity contribution in [3.05, 3.63) is 108 Å². The first-order valence-electron chi connectivity index (χ1n) is 12.2.